The van der Waals surface area contributed by atoms with Crippen LogP contribution in [0.15, 0.2) is 8.94 Å². The number of furan rings is 1. The Morgan fingerprint density at radius 1 is 1.12 bits per heavy atom. The average Bonchev–Trinajstić information content (AvgIpc) is 2.70. The van der Waals surface area contributed by atoms with Gasteiger partial charge in [-0.1, -0.05) is 19.0 Å². The largest absolute Gasteiger partial charge is 0.466 e. The Balaban J connectivity index is 2.69. The van der Waals surface area contributed by atoms with Gasteiger partial charge in [0, 0.05) is 11.1 Å². The molecule has 0 aliphatic heterocycles. The van der Waals surface area contributed by atoms with Gasteiger partial charge < -0.3 is 14.7 Å². The van der Waals surface area contributed by atoms with Gasteiger partial charge in [0.05, 0.1) is 5.56 Å². The van der Waals surface area contributed by atoms with Gasteiger partial charge in [0.15, 0.2) is 11.6 Å². The van der Waals surface area contributed by atoms with Crippen LogP contribution in [-0.4, -0.2) is 5.16 Å². The van der Waals surface area contributed by atoms with E-state index < -0.39 is 0 Å². The maximum atomic E-state index is 5.85. The molecule has 4 heteroatoms. The molecule has 0 saturated heterocycles. The minimum Gasteiger partial charge on any atom is -0.466 e. The summed E-state index contributed by atoms with van der Waals surface area (Å²) < 4.78 is 11.0. The number of nitrogen functional groups attached to an aromatic ring is 1. The van der Waals surface area contributed by atoms with Crippen molar-refractivity contribution in [2.75, 3.05) is 5.73 Å². The summed E-state index contributed by atoms with van der Waals surface area (Å²) in [7, 11) is 0. The van der Waals surface area contributed by atoms with E-state index in [2.05, 4.69) is 19.0 Å². The van der Waals surface area contributed by atoms with Crippen molar-refractivity contribution in [1.82, 2.24) is 5.16 Å². The molecule has 0 radical (unpaired) electrons. The summed E-state index contributed by atoms with van der Waals surface area (Å²) in [6, 6.07) is 0. The minimum absolute atomic E-state index is 0.269. The highest BCUT2D eigenvalue weighted by atomic mass is 16.5. The van der Waals surface area contributed by atoms with Crippen molar-refractivity contribution >= 4 is 5.82 Å². The number of hydrogen-bond donors (Lipinski definition) is 1. The molecule has 0 saturated carbocycles. The molecular formula is C13H18N2O2. The van der Waals surface area contributed by atoms with E-state index in [1.165, 1.54) is 0 Å². The van der Waals surface area contributed by atoms with Gasteiger partial charge in [-0.05, 0) is 26.7 Å². The molecular weight excluding hydrogens is 216 g/mol. The normalized spacial score (nSPS) is 11.4. The lowest BCUT2D eigenvalue weighted by Gasteiger charge is -2.05. The fourth-order valence-electron chi connectivity index (χ4n) is 2.18. The first kappa shape index (κ1) is 11.8. The molecule has 0 fully saturated rings. The lowest BCUT2D eigenvalue weighted by molar-refractivity contribution is 0.432. The van der Waals surface area contributed by atoms with Crippen LogP contribution in [0.5, 0.6) is 0 Å². The number of aryl methyl sites for hydroxylation is 2. The van der Waals surface area contributed by atoms with Gasteiger partial charge in [-0.2, -0.15) is 0 Å². The Morgan fingerprint density at radius 2 is 1.76 bits per heavy atom. The van der Waals surface area contributed by atoms with Gasteiger partial charge in [0.25, 0.3) is 0 Å². The van der Waals surface area contributed by atoms with Crippen LogP contribution in [0.2, 0.25) is 0 Å². The van der Waals surface area contributed by atoms with Crippen molar-refractivity contribution in [3.05, 3.63) is 22.6 Å². The minimum atomic E-state index is 0.269. The Bertz CT molecular complexity index is 550. The summed E-state index contributed by atoms with van der Waals surface area (Å²) in [4.78, 5) is 0. The Morgan fingerprint density at radius 3 is 2.24 bits per heavy atom. The molecule has 4 nitrogen and oxygen atoms in total. The van der Waals surface area contributed by atoms with Gasteiger partial charge in [0.1, 0.15) is 11.5 Å². The molecule has 0 aliphatic rings. The van der Waals surface area contributed by atoms with E-state index in [1.807, 2.05) is 20.8 Å². The zero-order valence-electron chi connectivity index (χ0n) is 10.9. The van der Waals surface area contributed by atoms with Crippen LogP contribution in [0, 0.1) is 20.8 Å². The van der Waals surface area contributed by atoms with E-state index in [-0.39, 0.29) is 5.92 Å². The number of anilines is 1. The second-order valence-corrected chi connectivity index (χ2v) is 4.68. The molecule has 2 rings (SSSR count). The van der Waals surface area contributed by atoms with E-state index in [4.69, 9.17) is 14.7 Å². The smallest absolute Gasteiger partial charge is 0.176 e. The van der Waals surface area contributed by atoms with E-state index in [1.54, 1.807) is 0 Å². The quantitative estimate of drug-likeness (QED) is 0.862. The van der Waals surface area contributed by atoms with Crippen LogP contribution in [0.25, 0.3) is 11.3 Å². The summed E-state index contributed by atoms with van der Waals surface area (Å²) in [5.41, 5.74) is 8.87. The van der Waals surface area contributed by atoms with Gasteiger partial charge >= 0.3 is 0 Å². The van der Waals surface area contributed by atoms with E-state index in [0.29, 0.717) is 5.82 Å². The molecule has 2 aromatic heterocycles. The fourth-order valence-corrected chi connectivity index (χ4v) is 2.18. The lowest BCUT2D eigenvalue weighted by Crippen LogP contribution is -1.95. The molecule has 0 spiro atoms. The highest BCUT2D eigenvalue weighted by Crippen LogP contribution is 2.38. The summed E-state index contributed by atoms with van der Waals surface area (Å²) >= 11 is 0. The predicted molar refractivity (Wildman–Crippen MR) is 66.9 cm³/mol. The molecule has 0 atom stereocenters. The van der Waals surface area contributed by atoms with Crippen LogP contribution < -0.4 is 5.73 Å². The molecule has 0 bridgehead atoms. The van der Waals surface area contributed by atoms with Crippen LogP contribution in [0.1, 0.15) is 42.4 Å². The lowest BCUT2D eigenvalue weighted by atomic mass is 9.97. The molecule has 0 aromatic carbocycles. The highest BCUT2D eigenvalue weighted by Gasteiger charge is 2.24. The van der Waals surface area contributed by atoms with Crippen molar-refractivity contribution in [3.63, 3.8) is 0 Å². The summed E-state index contributed by atoms with van der Waals surface area (Å²) in [6.07, 6.45) is 0. The zero-order chi connectivity index (χ0) is 12.7. The van der Waals surface area contributed by atoms with Gasteiger partial charge in [0.2, 0.25) is 0 Å². The Hall–Kier alpha value is -1.71. The first-order chi connectivity index (χ1) is 7.93. The topological polar surface area (TPSA) is 65.2 Å². The fraction of sp³-hybridized carbons (Fsp3) is 0.462. The molecule has 0 aliphatic carbocycles. The third-order valence-electron chi connectivity index (χ3n) is 3.12. The van der Waals surface area contributed by atoms with Crippen molar-refractivity contribution in [2.45, 2.75) is 40.5 Å². The summed E-state index contributed by atoms with van der Waals surface area (Å²) in [5, 5.41) is 3.87. The molecule has 2 heterocycles. The third kappa shape index (κ3) is 1.73. The number of rotatable bonds is 2. The van der Waals surface area contributed by atoms with Crippen LogP contribution in [0.4, 0.5) is 5.82 Å². The van der Waals surface area contributed by atoms with E-state index in [9.17, 15) is 0 Å². The number of hydrogen-bond acceptors (Lipinski definition) is 4. The molecule has 2 aromatic rings. The zero-order valence-corrected chi connectivity index (χ0v) is 10.9. The third-order valence-corrected chi connectivity index (χ3v) is 3.12. The molecule has 92 valence electrons. The van der Waals surface area contributed by atoms with Gasteiger partial charge in [-0.25, -0.2) is 0 Å². The SMILES string of the molecule is Cc1oc(C)c(-c2onc(N)c2C(C)C)c1C. The maximum Gasteiger partial charge on any atom is 0.176 e. The van der Waals surface area contributed by atoms with Gasteiger partial charge in [-0.15, -0.1) is 0 Å². The molecule has 17 heavy (non-hydrogen) atoms. The van der Waals surface area contributed by atoms with Crippen molar-refractivity contribution in [1.29, 1.82) is 0 Å². The second-order valence-electron chi connectivity index (χ2n) is 4.68. The van der Waals surface area contributed by atoms with Crippen LogP contribution >= 0.6 is 0 Å². The van der Waals surface area contributed by atoms with E-state index in [0.717, 1.165) is 34.0 Å². The van der Waals surface area contributed by atoms with Crippen molar-refractivity contribution in [2.24, 2.45) is 0 Å². The molecule has 2 N–H and O–H groups in total. The first-order valence-electron chi connectivity index (χ1n) is 5.75. The first-order valence-corrected chi connectivity index (χ1v) is 5.75. The average molecular weight is 234 g/mol. The van der Waals surface area contributed by atoms with Crippen molar-refractivity contribution in [3.8, 4) is 11.3 Å². The highest BCUT2D eigenvalue weighted by molar-refractivity contribution is 5.72. The summed E-state index contributed by atoms with van der Waals surface area (Å²) in [6.45, 7) is 10.0. The van der Waals surface area contributed by atoms with E-state index >= 15 is 0 Å². The molecule has 0 amide bonds. The second kappa shape index (κ2) is 3.95. The maximum absolute atomic E-state index is 5.85. The monoisotopic (exact) mass is 234 g/mol. The number of nitrogens with two attached hydrogens (primary N) is 1. The number of aromatic nitrogens is 1. The molecule has 0 unspecified atom stereocenters. The van der Waals surface area contributed by atoms with Crippen LogP contribution in [-0.2, 0) is 0 Å². The summed E-state index contributed by atoms with van der Waals surface area (Å²) in [5.74, 6) is 3.22. The number of nitrogens with zero attached hydrogens (tertiary/aromatic N) is 1. The Labute approximate surface area is 101 Å². The Kier molecular flexibility index (Phi) is 2.73. The van der Waals surface area contributed by atoms with Crippen LogP contribution in [0.3, 0.4) is 0 Å². The standard InChI is InChI=1S/C13H18N2O2/c1-6(2)10-12(17-15-13(10)14)11-7(3)8(4)16-9(11)5/h6H,1-5H3,(H2,14,15). The van der Waals surface area contributed by atoms with Gasteiger partial charge in [-0.3, -0.25) is 0 Å². The van der Waals surface area contributed by atoms with Crippen molar-refractivity contribution < 1.29 is 8.94 Å². The predicted octanol–water partition coefficient (Wildman–Crippen LogP) is 3.57.